The van der Waals surface area contributed by atoms with Crippen molar-refractivity contribution in [2.75, 3.05) is 10.6 Å². The Kier molecular flexibility index (Phi) is 5.66. The van der Waals surface area contributed by atoms with Crippen LogP contribution in [0.25, 0.3) is 6.08 Å². The fourth-order valence-corrected chi connectivity index (χ4v) is 2.65. The quantitative estimate of drug-likeness (QED) is 0.584. The van der Waals surface area contributed by atoms with Gasteiger partial charge in [0.15, 0.2) is 5.76 Å². The van der Waals surface area contributed by atoms with Gasteiger partial charge >= 0.3 is 0 Å². The number of amides is 2. The Bertz CT molecular complexity index is 949. The third-order valence-corrected chi connectivity index (χ3v) is 4.17. The molecule has 1 aromatic heterocycles. The molecular formula is C20H15BrN2O3. The van der Waals surface area contributed by atoms with Crippen molar-refractivity contribution in [3.63, 3.8) is 0 Å². The van der Waals surface area contributed by atoms with Crippen LogP contribution in [0.1, 0.15) is 16.1 Å². The van der Waals surface area contributed by atoms with Crippen molar-refractivity contribution in [1.82, 2.24) is 0 Å². The molecule has 0 fully saturated rings. The normalized spacial score (nSPS) is 10.7. The third kappa shape index (κ3) is 4.70. The summed E-state index contributed by atoms with van der Waals surface area (Å²) >= 11 is 3.43. The molecule has 3 aromatic rings. The Morgan fingerprint density at radius 3 is 2.42 bits per heavy atom. The maximum atomic E-state index is 12.1. The molecule has 0 aliphatic carbocycles. The SMILES string of the molecule is O=C(C=Cc1ccccc1Br)Nc1cccc(NC(=O)c2ccco2)c1. The molecule has 0 aliphatic heterocycles. The molecule has 0 saturated carbocycles. The summed E-state index contributed by atoms with van der Waals surface area (Å²) in [4.78, 5) is 24.1. The topological polar surface area (TPSA) is 71.3 Å². The zero-order valence-corrected chi connectivity index (χ0v) is 15.2. The molecule has 26 heavy (non-hydrogen) atoms. The van der Waals surface area contributed by atoms with Crippen LogP contribution in [-0.2, 0) is 4.79 Å². The van der Waals surface area contributed by atoms with Crippen molar-refractivity contribution in [2.24, 2.45) is 0 Å². The molecule has 0 atom stereocenters. The molecule has 0 saturated heterocycles. The maximum absolute atomic E-state index is 12.1. The summed E-state index contributed by atoms with van der Waals surface area (Å²) in [5.41, 5.74) is 2.03. The minimum Gasteiger partial charge on any atom is -0.459 e. The fourth-order valence-electron chi connectivity index (χ4n) is 2.23. The van der Waals surface area contributed by atoms with E-state index in [-0.39, 0.29) is 17.6 Å². The Balaban J connectivity index is 1.64. The molecule has 0 spiro atoms. The average molecular weight is 411 g/mol. The van der Waals surface area contributed by atoms with E-state index in [2.05, 4.69) is 26.6 Å². The van der Waals surface area contributed by atoms with Crippen molar-refractivity contribution in [3.05, 3.63) is 88.8 Å². The smallest absolute Gasteiger partial charge is 0.291 e. The van der Waals surface area contributed by atoms with E-state index < -0.39 is 0 Å². The highest BCUT2D eigenvalue weighted by Crippen LogP contribution is 2.18. The summed E-state index contributed by atoms with van der Waals surface area (Å²) in [5.74, 6) is -0.404. The summed E-state index contributed by atoms with van der Waals surface area (Å²) < 4.78 is 5.96. The summed E-state index contributed by atoms with van der Waals surface area (Å²) in [5, 5.41) is 5.48. The van der Waals surface area contributed by atoms with Crippen LogP contribution in [0.4, 0.5) is 11.4 Å². The van der Waals surface area contributed by atoms with Crippen LogP contribution in [-0.4, -0.2) is 11.8 Å². The average Bonchev–Trinajstić information content (AvgIpc) is 3.16. The van der Waals surface area contributed by atoms with Gasteiger partial charge in [0.2, 0.25) is 5.91 Å². The highest BCUT2D eigenvalue weighted by atomic mass is 79.9. The van der Waals surface area contributed by atoms with Crippen LogP contribution in [0, 0.1) is 0 Å². The van der Waals surface area contributed by atoms with E-state index in [1.165, 1.54) is 12.3 Å². The van der Waals surface area contributed by atoms with Crippen molar-refractivity contribution in [3.8, 4) is 0 Å². The third-order valence-electron chi connectivity index (χ3n) is 3.45. The van der Waals surface area contributed by atoms with Gasteiger partial charge in [0.1, 0.15) is 0 Å². The van der Waals surface area contributed by atoms with Crippen LogP contribution in [0.3, 0.4) is 0 Å². The van der Waals surface area contributed by atoms with Crippen LogP contribution in [0.2, 0.25) is 0 Å². The summed E-state index contributed by atoms with van der Waals surface area (Å²) in [6.07, 6.45) is 4.61. The second-order valence-corrected chi connectivity index (χ2v) is 6.21. The number of furan rings is 1. The predicted molar refractivity (Wildman–Crippen MR) is 105 cm³/mol. The van der Waals surface area contributed by atoms with E-state index in [0.29, 0.717) is 11.4 Å². The minimum atomic E-state index is -0.354. The maximum Gasteiger partial charge on any atom is 0.291 e. The molecule has 2 amide bonds. The predicted octanol–water partition coefficient (Wildman–Crippen LogP) is 4.95. The standard InChI is InChI=1S/C20H15BrN2O3/c21-17-8-2-1-5-14(17)10-11-19(24)22-15-6-3-7-16(13-15)23-20(25)18-9-4-12-26-18/h1-13H,(H,22,24)(H,23,25). The van der Waals surface area contributed by atoms with E-state index in [1.807, 2.05) is 24.3 Å². The van der Waals surface area contributed by atoms with Crippen molar-refractivity contribution in [1.29, 1.82) is 0 Å². The molecule has 130 valence electrons. The monoisotopic (exact) mass is 410 g/mol. The number of halogens is 1. The molecule has 0 aliphatic rings. The first-order valence-corrected chi connectivity index (χ1v) is 8.59. The molecule has 6 heteroatoms. The van der Waals surface area contributed by atoms with Gasteiger partial charge in [-0.15, -0.1) is 0 Å². The van der Waals surface area contributed by atoms with Gasteiger partial charge in [-0.05, 0) is 48.0 Å². The molecular weight excluding hydrogens is 396 g/mol. The summed E-state index contributed by atoms with van der Waals surface area (Å²) in [6.45, 7) is 0. The lowest BCUT2D eigenvalue weighted by molar-refractivity contribution is -0.111. The number of benzene rings is 2. The van der Waals surface area contributed by atoms with Gasteiger partial charge in [-0.25, -0.2) is 0 Å². The van der Waals surface area contributed by atoms with Crippen molar-refractivity contribution >= 4 is 45.2 Å². The molecule has 2 aromatic carbocycles. The van der Waals surface area contributed by atoms with Crippen molar-refractivity contribution < 1.29 is 14.0 Å². The number of carbonyl (C=O) groups excluding carboxylic acids is 2. The van der Waals surface area contributed by atoms with E-state index in [4.69, 9.17) is 4.42 Å². The van der Waals surface area contributed by atoms with E-state index in [1.54, 1.807) is 42.5 Å². The van der Waals surface area contributed by atoms with Gasteiger partial charge in [-0.1, -0.05) is 40.2 Å². The Hall–Kier alpha value is -3.12. The van der Waals surface area contributed by atoms with Crippen LogP contribution in [0.15, 0.2) is 81.9 Å². The fraction of sp³-hybridized carbons (Fsp3) is 0. The largest absolute Gasteiger partial charge is 0.459 e. The van der Waals surface area contributed by atoms with Crippen molar-refractivity contribution in [2.45, 2.75) is 0 Å². The van der Waals surface area contributed by atoms with Gasteiger partial charge in [0, 0.05) is 21.9 Å². The second kappa shape index (κ2) is 8.31. The first kappa shape index (κ1) is 17.7. The highest BCUT2D eigenvalue weighted by Gasteiger charge is 2.09. The zero-order chi connectivity index (χ0) is 18.4. The molecule has 0 unspecified atom stereocenters. The lowest BCUT2D eigenvalue weighted by Gasteiger charge is -2.07. The Labute approximate surface area is 158 Å². The van der Waals surface area contributed by atoms with Gasteiger partial charge in [-0.3, -0.25) is 9.59 Å². The van der Waals surface area contributed by atoms with E-state index in [9.17, 15) is 9.59 Å². The molecule has 5 nitrogen and oxygen atoms in total. The molecule has 2 N–H and O–H groups in total. The lowest BCUT2D eigenvalue weighted by Crippen LogP contribution is -2.12. The zero-order valence-electron chi connectivity index (χ0n) is 13.6. The Morgan fingerprint density at radius 2 is 1.69 bits per heavy atom. The molecule has 0 bridgehead atoms. The first-order chi connectivity index (χ1) is 12.6. The van der Waals surface area contributed by atoms with Crippen LogP contribution >= 0.6 is 15.9 Å². The second-order valence-electron chi connectivity index (χ2n) is 5.36. The molecule has 3 rings (SSSR count). The van der Waals surface area contributed by atoms with E-state index >= 15 is 0 Å². The van der Waals surface area contributed by atoms with Gasteiger partial charge in [0.25, 0.3) is 5.91 Å². The highest BCUT2D eigenvalue weighted by molar-refractivity contribution is 9.10. The van der Waals surface area contributed by atoms with Gasteiger partial charge in [0.05, 0.1) is 6.26 Å². The first-order valence-electron chi connectivity index (χ1n) is 7.80. The number of hydrogen-bond donors (Lipinski definition) is 2. The van der Waals surface area contributed by atoms with Crippen LogP contribution in [0.5, 0.6) is 0 Å². The number of nitrogens with one attached hydrogen (secondary N) is 2. The van der Waals surface area contributed by atoms with Crippen LogP contribution < -0.4 is 10.6 Å². The molecule has 1 heterocycles. The summed E-state index contributed by atoms with van der Waals surface area (Å²) in [7, 11) is 0. The Morgan fingerprint density at radius 1 is 0.923 bits per heavy atom. The number of carbonyl (C=O) groups is 2. The summed E-state index contributed by atoms with van der Waals surface area (Å²) in [6, 6.07) is 17.7. The molecule has 0 radical (unpaired) electrons. The van der Waals surface area contributed by atoms with Gasteiger partial charge in [-0.2, -0.15) is 0 Å². The number of hydrogen-bond acceptors (Lipinski definition) is 3. The lowest BCUT2D eigenvalue weighted by atomic mass is 10.2. The minimum absolute atomic E-state index is 0.218. The van der Waals surface area contributed by atoms with E-state index in [0.717, 1.165) is 10.0 Å². The number of rotatable bonds is 5. The number of anilines is 2. The van der Waals surface area contributed by atoms with Gasteiger partial charge < -0.3 is 15.1 Å².